The summed E-state index contributed by atoms with van der Waals surface area (Å²) in [6.07, 6.45) is -1.23. The lowest BCUT2D eigenvalue weighted by atomic mass is 9.97. The summed E-state index contributed by atoms with van der Waals surface area (Å²) in [5.41, 5.74) is 0. The number of hydrogen-bond acceptors (Lipinski definition) is 3. The molecule has 0 aliphatic carbocycles. The average molecular weight is 189 g/mol. The Balaban J connectivity index is 2.62. The van der Waals surface area contributed by atoms with Gasteiger partial charge in [-0.05, 0) is 13.3 Å². The van der Waals surface area contributed by atoms with Crippen molar-refractivity contribution in [3.05, 3.63) is 0 Å². The van der Waals surface area contributed by atoms with E-state index >= 15 is 0 Å². The van der Waals surface area contributed by atoms with Crippen molar-refractivity contribution < 1.29 is 18.7 Å². The molecule has 0 bridgehead atoms. The molecule has 1 aliphatic heterocycles. The largest absolute Gasteiger partial charge is 0.465 e. The maximum atomic E-state index is 13.1. The van der Waals surface area contributed by atoms with Gasteiger partial charge in [-0.25, -0.2) is 4.39 Å². The zero-order chi connectivity index (χ0) is 9.84. The van der Waals surface area contributed by atoms with E-state index in [1.54, 1.807) is 6.92 Å². The van der Waals surface area contributed by atoms with Gasteiger partial charge in [0.05, 0.1) is 6.61 Å². The molecule has 5 heteroatoms. The van der Waals surface area contributed by atoms with Gasteiger partial charge < -0.3 is 10.1 Å². The van der Waals surface area contributed by atoms with E-state index in [1.807, 2.05) is 0 Å². The summed E-state index contributed by atoms with van der Waals surface area (Å²) in [4.78, 5) is 22.2. The molecule has 0 saturated carbocycles. The monoisotopic (exact) mass is 189 g/mol. The number of carbonyl (C=O) groups excluding carboxylic acids is 2. The molecule has 1 unspecified atom stereocenters. The topological polar surface area (TPSA) is 55.4 Å². The summed E-state index contributed by atoms with van der Waals surface area (Å²) < 4.78 is 17.7. The Morgan fingerprint density at radius 3 is 3.00 bits per heavy atom. The number of carbonyl (C=O) groups is 2. The molecule has 1 saturated heterocycles. The minimum Gasteiger partial charge on any atom is -0.465 e. The maximum absolute atomic E-state index is 13.1. The normalized spacial score (nSPS) is 28.0. The van der Waals surface area contributed by atoms with Gasteiger partial charge >= 0.3 is 5.97 Å². The Hall–Kier alpha value is -1.13. The first-order chi connectivity index (χ1) is 6.16. The van der Waals surface area contributed by atoms with Gasteiger partial charge in [-0.1, -0.05) is 0 Å². The van der Waals surface area contributed by atoms with Crippen LogP contribution in [0.25, 0.3) is 0 Å². The minimum absolute atomic E-state index is 0.162. The summed E-state index contributed by atoms with van der Waals surface area (Å²) in [7, 11) is 0. The predicted molar refractivity (Wildman–Crippen MR) is 42.6 cm³/mol. The molecule has 1 fully saturated rings. The second kappa shape index (κ2) is 4.20. The van der Waals surface area contributed by atoms with E-state index in [1.165, 1.54) is 0 Å². The van der Waals surface area contributed by atoms with Crippen molar-refractivity contribution in [2.75, 3.05) is 13.2 Å². The predicted octanol–water partition coefficient (Wildman–Crippen LogP) is 0.0237. The van der Waals surface area contributed by atoms with Crippen molar-refractivity contribution in [2.45, 2.75) is 19.5 Å². The highest BCUT2D eigenvalue weighted by Crippen LogP contribution is 2.17. The summed E-state index contributed by atoms with van der Waals surface area (Å²) in [5.74, 6) is -2.61. The van der Waals surface area contributed by atoms with Crippen LogP contribution in [0.15, 0.2) is 0 Å². The van der Waals surface area contributed by atoms with Gasteiger partial charge in [0.15, 0.2) is 5.92 Å². The molecular weight excluding hydrogens is 177 g/mol. The number of ether oxygens (including phenoxy) is 1. The smallest absolute Gasteiger partial charge is 0.321 e. The average Bonchev–Trinajstić information content (AvgIpc) is 2.04. The highest BCUT2D eigenvalue weighted by atomic mass is 19.1. The molecule has 1 amide bonds. The van der Waals surface area contributed by atoms with Gasteiger partial charge in [0, 0.05) is 6.54 Å². The maximum Gasteiger partial charge on any atom is 0.321 e. The van der Waals surface area contributed by atoms with Crippen molar-refractivity contribution in [1.82, 2.24) is 5.32 Å². The lowest BCUT2D eigenvalue weighted by Crippen LogP contribution is -2.47. The third-order valence-electron chi connectivity index (χ3n) is 1.90. The molecule has 0 radical (unpaired) electrons. The molecular formula is C8H12FNO3. The van der Waals surface area contributed by atoms with Crippen LogP contribution in [0.5, 0.6) is 0 Å². The van der Waals surface area contributed by atoms with Crippen molar-refractivity contribution in [2.24, 2.45) is 5.92 Å². The fourth-order valence-electron chi connectivity index (χ4n) is 1.26. The summed E-state index contributed by atoms with van der Waals surface area (Å²) in [6.45, 7) is 2.07. The van der Waals surface area contributed by atoms with Gasteiger partial charge in [0.25, 0.3) is 0 Å². The molecule has 74 valence electrons. The quantitative estimate of drug-likeness (QED) is 0.492. The molecule has 13 heavy (non-hydrogen) atoms. The van der Waals surface area contributed by atoms with Crippen molar-refractivity contribution in [3.63, 3.8) is 0 Å². The lowest BCUT2D eigenvalue weighted by Gasteiger charge is -2.23. The first kappa shape index (κ1) is 9.95. The Kier molecular flexibility index (Phi) is 3.22. The van der Waals surface area contributed by atoms with Crippen LogP contribution in [0.1, 0.15) is 13.3 Å². The lowest BCUT2D eigenvalue weighted by molar-refractivity contribution is -0.156. The van der Waals surface area contributed by atoms with Crippen molar-refractivity contribution in [3.8, 4) is 0 Å². The number of esters is 1. The number of hydrogen-bond donors (Lipinski definition) is 1. The van der Waals surface area contributed by atoms with E-state index in [9.17, 15) is 14.0 Å². The van der Waals surface area contributed by atoms with Gasteiger partial charge in [0.2, 0.25) is 5.91 Å². The Labute approximate surface area is 75.4 Å². The molecule has 1 aliphatic rings. The van der Waals surface area contributed by atoms with E-state index in [2.05, 4.69) is 10.1 Å². The second-order valence-electron chi connectivity index (χ2n) is 2.83. The van der Waals surface area contributed by atoms with Crippen LogP contribution in [-0.2, 0) is 14.3 Å². The van der Waals surface area contributed by atoms with Crippen LogP contribution in [0.4, 0.5) is 4.39 Å². The van der Waals surface area contributed by atoms with Crippen LogP contribution in [-0.4, -0.2) is 31.2 Å². The van der Waals surface area contributed by atoms with Gasteiger partial charge in [-0.2, -0.15) is 0 Å². The first-order valence-electron chi connectivity index (χ1n) is 4.25. The zero-order valence-corrected chi connectivity index (χ0v) is 7.38. The fraction of sp³-hybridized carbons (Fsp3) is 0.750. The molecule has 0 aromatic carbocycles. The summed E-state index contributed by atoms with van der Waals surface area (Å²) in [5, 5.41) is 2.42. The van der Waals surface area contributed by atoms with Crippen LogP contribution in [0, 0.1) is 5.92 Å². The number of nitrogens with one attached hydrogen (secondary N) is 1. The van der Waals surface area contributed by atoms with E-state index in [0.29, 0.717) is 0 Å². The van der Waals surface area contributed by atoms with Gasteiger partial charge in [-0.15, -0.1) is 0 Å². The molecule has 0 spiro atoms. The summed E-state index contributed by atoms with van der Waals surface area (Å²) in [6, 6.07) is 0. The van der Waals surface area contributed by atoms with Crippen molar-refractivity contribution >= 4 is 11.9 Å². The number of amides is 1. The Morgan fingerprint density at radius 2 is 2.46 bits per heavy atom. The number of piperidine rings is 1. The molecule has 1 rings (SSSR count). The number of rotatable bonds is 2. The molecule has 1 heterocycles. The molecule has 1 N–H and O–H groups in total. The zero-order valence-electron chi connectivity index (χ0n) is 7.38. The van der Waals surface area contributed by atoms with Gasteiger partial charge in [-0.3, -0.25) is 9.59 Å². The Morgan fingerprint density at radius 1 is 1.77 bits per heavy atom. The molecule has 0 aromatic rings. The standard InChI is InChI=1S/C8H12FNO3/c1-2-13-8(12)6-5(9)3-4-10-7(6)11/h5-6H,2-4H2,1H3,(H,10,11)/t5?,6-/m1/s1. The van der Waals surface area contributed by atoms with E-state index < -0.39 is 24.0 Å². The minimum atomic E-state index is -1.41. The van der Waals surface area contributed by atoms with Crippen molar-refractivity contribution in [1.29, 1.82) is 0 Å². The van der Waals surface area contributed by atoms with Crippen LogP contribution in [0.3, 0.4) is 0 Å². The number of halogens is 1. The third-order valence-corrected chi connectivity index (χ3v) is 1.90. The fourth-order valence-corrected chi connectivity index (χ4v) is 1.26. The van der Waals surface area contributed by atoms with E-state index in [4.69, 9.17) is 0 Å². The highest BCUT2D eigenvalue weighted by molar-refractivity contribution is 5.99. The van der Waals surface area contributed by atoms with E-state index in [0.717, 1.165) is 0 Å². The first-order valence-corrected chi connectivity index (χ1v) is 4.25. The Bertz CT molecular complexity index is 219. The highest BCUT2D eigenvalue weighted by Gasteiger charge is 2.38. The second-order valence-corrected chi connectivity index (χ2v) is 2.83. The SMILES string of the molecule is CCOC(=O)[C@H]1C(=O)NCCC1F. The van der Waals surface area contributed by atoms with Crippen LogP contribution >= 0.6 is 0 Å². The summed E-state index contributed by atoms with van der Waals surface area (Å²) >= 11 is 0. The number of alkyl halides is 1. The van der Waals surface area contributed by atoms with E-state index in [-0.39, 0.29) is 19.6 Å². The van der Waals surface area contributed by atoms with Crippen LogP contribution < -0.4 is 5.32 Å². The molecule has 0 aromatic heterocycles. The van der Waals surface area contributed by atoms with Crippen LogP contribution in [0.2, 0.25) is 0 Å². The third kappa shape index (κ3) is 2.17. The molecule has 2 atom stereocenters. The molecule has 4 nitrogen and oxygen atoms in total. The van der Waals surface area contributed by atoms with Gasteiger partial charge in [0.1, 0.15) is 6.17 Å².